The first-order valence-electron chi connectivity index (χ1n) is 7.94. The van der Waals surface area contributed by atoms with Crippen LogP contribution in [0.1, 0.15) is 58.3 Å². The van der Waals surface area contributed by atoms with Gasteiger partial charge in [0.05, 0.1) is 13.2 Å². The highest BCUT2D eigenvalue weighted by Gasteiger charge is 2.21. The average molecular weight is 280 g/mol. The fraction of sp³-hybridized carbons (Fsp3) is 0.812. The molecule has 0 aromatic heterocycles. The van der Waals surface area contributed by atoms with E-state index in [2.05, 4.69) is 19.2 Å². The summed E-state index contributed by atoms with van der Waals surface area (Å²) in [6.45, 7) is 7.70. The first-order chi connectivity index (χ1) is 9.29. The fourth-order valence-corrected chi connectivity index (χ4v) is 4.48. The second-order valence-corrected chi connectivity index (χ2v) is 7.44. The Kier molecular flexibility index (Phi) is 6.15. The van der Waals surface area contributed by atoms with Gasteiger partial charge in [0.2, 0.25) is 0 Å². The highest BCUT2D eigenvalue weighted by Crippen LogP contribution is 2.32. The summed E-state index contributed by atoms with van der Waals surface area (Å²) in [5, 5.41) is 0. The molecule has 2 nitrogen and oxygen atoms in total. The minimum atomic E-state index is -1.19. The molecule has 2 rings (SSSR count). The third kappa shape index (κ3) is 4.79. The van der Waals surface area contributed by atoms with E-state index >= 15 is 0 Å². The van der Waals surface area contributed by atoms with E-state index in [4.69, 9.17) is 8.85 Å². The van der Waals surface area contributed by atoms with Gasteiger partial charge in [0, 0.05) is 0 Å². The van der Waals surface area contributed by atoms with Crippen molar-refractivity contribution in [3.63, 3.8) is 0 Å². The van der Waals surface area contributed by atoms with Gasteiger partial charge in [-0.15, -0.1) is 0 Å². The lowest BCUT2D eigenvalue weighted by Crippen LogP contribution is -2.25. The van der Waals surface area contributed by atoms with Gasteiger partial charge in [0.25, 0.3) is 0 Å². The highest BCUT2D eigenvalue weighted by molar-refractivity contribution is 6.54. The van der Waals surface area contributed by atoms with Crippen LogP contribution in [0.15, 0.2) is 12.2 Å². The maximum Gasteiger partial charge on any atom is 0.476 e. The molecule has 0 heterocycles. The molecular formula is C16H28O2Si. The molecule has 0 bridgehead atoms. The largest absolute Gasteiger partial charge is 0.524 e. The van der Waals surface area contributed by atoms with E-state index in [1.807, 2.05) is 0 Å². The van der Waals surface area contributed by atoms with E-state index < -0.39 is 8.90 Å². The van der Waals surface area contributed by atoms with E-state index in [1.54, 1.807) is 0 Å². The average Bonchev–Trinajstić information content (AvgIpc) is 2.35. The molecule has 2 fully saturated rings. The molecule has 0 atom stereocenters. The van der Waals surface area contributed by atoms with Crippen molar-refractivity contribution in [1.82, 2.24) is 0 Å². The Labute approximate surface area is 119 Å². The van der Waals surface area contributed by atoms with Crippen LogP contribution in [0.3, 0.4) is 0 Å². The van der Waals surface area contributed by atoms with Gasteiger partial charge >= 0.3 is 8.90 Å². The molecule has 0 amide bonds. The molecule has 2 aliphatic rings. The summed E-state index contributed by atoms with van der Waals surface area (Å²) in [7, 11) is -1.19. The molecule has 0 saturated heterocycles. The van der Waals surface area contributed by atoms with Crippen molar-refractivity contribution < 1.29 is 8.85 Å². The van der Waals surface area contributed by atoms with E-state index in [1.165, 1.54) is 56.9 Å². The lowest BCUT2D eigenvalue weighted by Gasteiger charge is -2.28. The van der Waals surface area contributed by atoms with Crippen LogP contribution < -0.4 is 0 Å². The Morgan fingerprint density at radius 1 is 1.11 bits per heavy atom. The van der Waals surface area contributed by atoms with Gasteiger partial charge in [-0.3, -0.25) is 0 Å². The smallest absolute Gasteiger partial charge is 0.476 e. The van der Waals surface area contributed by atoms with Gasteiger partial charge in [-0.1, -0.05) is 32.3 Å². The molecule has 3 heteroatoms. The second-order valence-electron chi connectivity index (χ2n) is 5.89. The van der Waals surface area contributed by atoms with E-state index in [0.717, 1.165) is 18.4 Å². The number of rotatable bonds is 7. The fourth-order valence-electron chi connectivity index (χ4n) is 2.87. The number of hydrogen-bond acceptors (Lipinski definition) is 2. The van der Waals surface area contributed by atoms with E-state index in [-0.39, 0.29) is 0 Å². The number of hydrogen-bond donors (Lipinski definition) is 0. The van der Waals surface area contributed by atoms with Crippen molar-refractivity contribution in [3.8, 4) is 0 Å². The van der Waals surface area contributed by atoms with E-state index in [0.29, 0.717) is 6.61 Å². The molecule has 0 aliphatic heterocycles. The van der Waals surface area contributed by atoms with Crippen molar-refractivity contribution >= 4 is 14.6 Å². The topological polar surface area (TPSA) is 18.5 Å². The summed E-state index contributed by atoms with van der Waals surface area (Å²) in [6.07, 6.45) is 10.8. The van der Waals surface area contributed by atoms with Crippen molar-refractivity contribution in [2.75, 3.05) is 13.2 Å². The van der Waals surface area contributed by atoms with Crippen LogP contribution in [0.25, 0.3) is 0 Å². The van der Waals surface area contributed by atoms with Gasteiger partial charge in [0.1, 0.15) is 0 Å². The SMILES string of the molecule is C=C(CO[Si](=CC1CCCCC1)OCC)C1CCC1. The molecular weight excluding hydrogens is 252 g/mol. The normalized spacial score (nSPS) is 21.8. The van der Waals surface area contributed by atoms with Crippen LogP contribution in [0, 0.1) is 11.8 Å². The third-order valence-corrected chi connectivity index (χ3v) is 6.14. The quantitative estimate of drug-likeness (QED) is 0.521. The Hall–Kier alpha value is -0.573. The van der Waals surface area contributed by atoms with Crippen LogP contribution in [0.4, 0.5) is 0 Å². The zero-order chi connectivity index (χ0) is 13.5. The molecule has 0 N–H and O–H groups in total. The minimum absolute atomic E-state index is 0.710. The van der Waals surface area contributed by atoms with Gasteiger partial charge < -0.3 is 8.85 Å². The second kappa shape index (κ2) is 7.88. The van der Waals surface area contributed by atoms with Gasteiger partial charge in [-0.25, -0.2) is 0 Å². The summed E-state index contributed by atoms with van der Waals surface area (Å²) < 4.78 is 11.8. The van der Waals surface area contributed by atoms with Crippen LogP contribution in [0.2, 0.25) is 0 Å². The Balaban J connectivity index is 1.80. The van der Waals surface area contributed by atoms with Crippen molar-refractivity contribution in [1.29, 1.82) is 0 Å². The Morgan fingerprint density at radius 3 is 2.42 bits per heavy atom. The molecule has 0 unspecified atom stereocenters. The predicted octanol–water partition coefficient (Wildman–Crippen LogP) is 3.85. The first-order valence-corrected chi connectivity index (χ1v) is 9.34. The maximum absolute atomic E-state index is 6.03. The van der Waals surface area contributed by atoms with Crippen LogP contribution in [-0.4, -0.2) is 27.8 Å². The zero-order valence-corrected chi connectivity index (χ0v) is 13.3. The first kappa shape index (κ1) is 14.8. The van der Waals surface area contributed by atoms with Crippen molar-refractivity contribution in [2.45, 2.75) is 58.3 Å². The molecule has 0 spiro atoms. The standard InChI is InChI=1S/C16H28O2Si/c1-3-17-19(13-15-8-5-4-6-9-15)18-12-14(2)16-10-7-11-16/h13,15-16H,2-12H2,1H3. The molecule has 2 aliphatic carbocycles. The van der Waals surface area contributed by atoms with Crippen molar-refractivity contribution in [2.24, 2.45) is 11.8 Å². The Morgan fingerprint density at radius 2 is 1.84 bits per heavy atom. The molecule has 0 radical (unpaired) electrons. The summed E-state index contributed by atoms with van der Waals surface area (Å²) >= 11 is 0. The molecule has 0 aromatic carbocycles. The summed E-state index contributed by atoms with van der Waals surface area (Å²) in [5.74, 6) is 1.45. The maximum atomic E-state index is 6.03. The summed E-state index contributed by atoms with van der Waals surface area (Å²) in [4.78, 5) is 0. The lowest BCUT2D eigenvalue weighted by atomic mass is 9.80. The van der Waals surface area contributed by atoms with Gasteiger partial charge in [-0.2, -0.15) is 0 Å². The minimum Gasteiger partial charge on any atom is -0.524 e. The summed E-state index contributed by atoms with van der Waals surface area (Å²) in [5.41, 5.74) is 3.67. The van der Waals surface area contributed by atoms with Crippen LogP contribution in [0.5, 0.6) is 0 Å². The highest BCUT2D eigenvalue weighted by atomic mass is 28.3. The lowest BCUT2D eigenvalue weighted by molar-refractivity contribution is 0.225. The van der Waals surface area contributed by atoms with E-state index in [9.17, 15) is 0 Å². The monoisotopic (exact) mass is 280 g/mol. The third-order valence-electron chi connectivity index (χ3n) is 4.39. The molecule has 108 valence electrons. The van der Waals surface area contributed by atoms with Crippen LogP contribution >= 0.6 is 0 Å². The van der Waals surface area contributed by atoms with Gasteiger partial charge in [0.15, 0.2) is 0 Å². The van der Waals surface area contributed by atoms with Crippen molar-refractivity contribution in [3.05, 3.63) is 12.2 Å². The predicted molar refractivity (Wildman–Crippen MR) is 82.5 cm³/mol. The molecule has 19 heavy (non-hydrogen) atoms. The summed E-state index contributed by atoms with van der Waals surface area (Å²) in [6, 6.07) is 0. The Bertz CT molecular complexity index is 315. The molecule has 2 saturated carbocycles. The molecule has 0 aromatic rings. The van der Waals surface area contributed by atoms with Crippen LogP contribution in [-0.2, 0) is 8.85 Å². The van der Waals surface area contributed by atoms with Gasteiger partial charge in [-0.05, 0) is 55.7 Å². The zero-order valence-electron chi connectivity index (χ0n) is 12.3.